The first-order chi connectivity index (χ1) is 9.25. The van der Waals surface area contributed by atoms with Crippen LogP contribution in [0.15, 0.2) is 48.5 Å². The van der Waals surface area contributed by atoms with E-state index in [1.807, 2.05) is 36.4 Å². The molecule has 0 bridgehead atoms. The third-order valence-electron chi connectivity index (χ3n) is 3.07. The van der Waals surface area contributed by atoms with Gasteiger partial charge in [-0.2, -0.15) is 0 Å². The predicted molar refractivity (Wildman–Crippen MR) is 90.9 cm³/mol. The van der Waals surface area contributed by atoms with Gasteiger partial charge in [-0.25, -0.2) is 0 Å². The van der Waals surface area contributed by atoms with E-state index in [9.17, 15) is 0 Å². The number of nitrogens with two attached hydrogens (primary N) is 1. The van der Waals surface area contributed by atoms with Gasteiger partial charge in [0.25, 0.3) is 0 Å². The maximum absolute atomic E-state index is 7.45. The number of fused-ring (bicyclic) bond motifs is 2. The molecule has 1 aromatic heterocycles. The molecule has 1 heterocycles. The van der Waals surface area contributed by atoms with E-state index in [1.54, 1.807) is 0 Å². The Hall–Kier alpha value is -1.42. The summed E-state index contributed by atoms with van der Waals surface area (Å²) in [7, 11) is 0. The van der Waals surface area contributed by atoms with Crippen molar-refractivity contribution in [2.45, 2.75) is 5.32 Å². The van der Waals surface area contributed by atoms with Crippen LogP contribution < -0.4 is 5.73 Å². The molecule has 3 nitrogen and oxygen atoms in total. The average Bonchev–Trinajstić information content (AvgIpc) is 2.43. The minimum atomic E-state index is 0. The Bertz CT molecular complexity index is 719. The Kier molecular flexibility index (Phi) is 4.76. The van der Waals surface area contributed by atoms with Crippen molar-refractivity contribution in [1.82, 2.24) is 4.98 Å². The van der Waals surface area contributed by atoms with Crippen molar-refractivity contribution in [2.75, 3.05) is 0 Å². The summed E-state index contributed by atoms with van der Waals surface area (Å²) in [6, 6.07) is 16.3. The van der Waals surface area contributed by atoms with Crippen LogP contribution in [0.5, 0.6) is 0 Å². The fourth-order valence-corrected chi connectivity index (χ4v) is 3.51. The quantitative estimate of drug-likeness (QED) is 0.310. The zero-order valence-corrected chi connectivity index (χ0v) is 14.1. The summed E-state index contributed by atoms with van der Waals surface area (Å²) in [5.74, 6) is 0. The van der Waals surface area contributed by atoms with Crippen molar-refractivity contribution >= 4 is 58.5 Å². The summed E-state index contributed by atoms with van der Waals surface area (Å²) in [5, 5.41) is 10.6. The Morgan fingerprint density at radius 3 is 2.00 bits per heavy atom. The number of hydrogen-bond donors (Lipinski definition) is 2. The maximum atomic E-state index is 7.45. The minimum absolute atomic E-state index is 0. The second kappa shape index (κ2) is 6.35. The van der Waals surface area contributed by atoms with Crippen molar-refractivity contribution < 1.29 is 0 Å². The van der Waals surface area contributed by atoms with Gasteiger partial charge < -0.3 is 0 Å². The molecule has 0 aliphatic heterocycles. The number of halogens is 1. The van der Waals surface area contributed by atoms with Crippen LogP contribution in [0.25, 0.3) is 21.8 Å². The molecule has 0 amide bonds. The second-order valence-electron chi connectivity index (χ2n) is 4.28. The molecule has 2 aromatic carbocycles. The van der Waals surface area contributed by atoms with Gasteiger partial charge in [0.15, 0.2) is 0 Å². The second-order valence-corrected chi connectivity index (χ2v) is 6.41. The van der Waals surface area contributed by atoms with Crippen LogP contribution in [0.1, 0.15) is 5.56 Å². The average molecular weight is 395 g/mol. The van der Waals surface area contributed by atoms with E-state index in [-0.39, 0.29) is 36.7 Å². The van der Waals surface area contributed by atoms with Crippen LogP contribution in [-0.2, 0) is 5.32 Å². The fraction of sp³-hybridized carbons (Fsp3) is 0.0667. The zero-order valence-electron chi connectivity index (χ0n) is 10.7. The van der Waals surface area contributed by atoms with E-state index in [0.717, 1.165) is 16.4 Å². The van der Waals surface area contributed by atoms with E-state index in [4.69, 9.17) is 11.1 Å². The van der Waals surface area contributed by atoms with E-state index in [0.29, 0.717) is 0 Å². The van der Waals surface area contributed by atoms with Gasteiger partial charge in [0.05, 0.1) is 0 Å². The first-order valence-corrected chi connectivity index (χ1v) is 8.05. The molecule has 20 heavy (non-hydrogen) atoms. The Morgan fingerprint density at radius 1 is 1.00 bits per heavy atom. The number of nitrogens with one attached hydrogen (secondary N) is 1. The summed E-state index contributed by atoms with van der Waals surface area (Å²) in [5.41, 5.74) is 8.80. The first-order valence-electron chi connectivity index (χ1n) is 5.99. The number of pyridine rings is 1. The van der Waals surface area contributed by atoms with Crippen molar-refractivity contribution in [2.24, 2.45) is 5.73 Å². The van der Waals surface area contributed by atoms with Gasteiger partial charge in [-0.05, 0) is 0 Å². The molecule has 0 spiro atoms. The van der Waals surface area contributed by atoms with Crippen molar-refractivity contribution in [1.29, 1.82) is 5.41 Å². The fourth-order valence-electron chi connectivity index (χ4n) is 2.23. The van der Waals surface area contributed by atoms with Crippen LogP contribution >= 0.6 is 17.0 Å². The SMILES string of the molecule is Br.N=C(N)[Se]Cc1c2ccccc2nc2ccccc12. The zero-order chi connectivity index (χ0) is 13.2. The van der Waals surface area contributed by atoms with Gasteiger partial charge in [-0.3, -0.25) is 0 Å². The number of aromatic nitrogens is 1. The van der Waals surface area contributed by atoms with Gasteiger partial charge >= 0.3 is 117 Å². The molecule has 0 aliphatic rings. The van der Waals surface area contributed by atoms with E-state index >= 15 is 0 Å². The Morgan fingerprint density at radius 2 is 1.50 bits per heavy atom. The molecule has 3 rings (SSSR count). The molecular formula is C15H14BrN3Se. The number of amidine groups is 1. The van der Waals surface area contributed by atoms with Gasteiger partial charge in [-0.15, -0.1) is 17.0 Å². The molecule has 5 heteroatoms. The molecule has 3 aromatic rings. The third kappa shape index (κ3) is 2.85. The van der Waals surface area contributed by atoms with Crippen LogP contribution in [0.2, 0.25) is 0 Å². The van der Waals surface area contributed by atoms with Crippen molar-refractivity contribution in [3.05, 3.63) is 54.1 Å². The monoisotopic (exact) mass is 395 g/mol. The van der Waals surface area contributed by atoms with Gasteiger partial charge in [0.2, 0.25) is 0 Å². The molecule has 0 saturated heterocycles. The van der Waals surface area contributed by atoms with Crippen molar-refractivity contribution in [3.63, 3.8) is 0 Å². The van der Waals surface area contributed by atoms with Crippen LogP contribution in [0.4, 0.5) is 0 Å². The summed E-state index contributed by atoms with van der Waals surface area (Å²) in [6.45, 7) is 0. The number of rotatable bonds is 3. The molecule has 0 aliphatic carbocycles. The standard InChI is InChI=1S/C15H13N3Se.BrH/c16-15(17)19-9-12-10-5-1-3-7-13(10)18-14-8-4-2-6-11(12)14;/h1-8H,9H2,(H3,16,17);1H. The molecule has 0 radical (unpaired) electrons. The molecule has 0 atom stereocenters. The number of para-hydroxylation sites is 2. The molecule has 102 valence electrons. The summed E-state index contributed by atoms with van der Waals surface area (Å²) in [6.07, 6.45) is 0. The van der Waals surface area contributed by atoms with Crippen molar-refractivity contribution in [3.8, 4) is 0 Å². The van der Waals surface area contributed by atoms with Gasteiger partial charge in [-0.1, -0.05) is 0 Å². The van der Waals surface area contributed by atoms with Crippen LogP contribution in [-0.4, -0.2) is 24.7 Å². The summed E-state index contributed by atoms with van der Waals surface area (Å²) >= 11 is 0.00684. The Balaban J connectivity index is 0.00000147. The van der Waals surface area contributed by atoms with Crippen LogP contribution in [0.3, 0.4) is 0 Å². The molecule has 0 fully saturated rings. The Labute approximate surface area is 134 Å². The van der Waals surface area contributed by atoms with Crippen LogP contribution in [0, 0.1) is 5.41 Å². The topological polar surface area (TPSA) is 62.8 Å². The molecule has 0 saturated carbocycles. The first kappa shape index (κ1) is 15.0. The van der Waals surface area contributed by atoms with E-state index in [1.165, 1.54) is 16.3 Å². The third-order valence-corrected chi connectivity index (χ3v) is 4.63. The van der Waals surface area contributed by atoms with Gasteiger partial charge in [0.1, 0.15) is 0 Å². The molecule has 3 N–H and O–H groups in total. The summed E-state index contributed by atoms with van der Waals surface area (Å²) in [4.78, 5) is 4.69. The number of hydrogen-bond acceptors (Lipinski definition) is 2. The van der Waals surface area contributed by atoms with E-state index < -0.39 is 0 Å². The van der Waals surface area contributed by atoms with Gasteiger partial charge in [0, 0.05) is 0 Å². The van der Waals surface area contributed by atoms with E-state index in [2.05, 4.69) is 17.1 Å². The normalized spacial score (nSPS) is 10.4. The summed E-state index contributed by atoms with van der Waals surface area (Å²) < 4.78 is 0.289. The number of benzene rings is 2. The molecule has 0 unspecified atom stereocenters. The molecular weight excluding hydrogens is 381 g/mol. The predicted octanol–water partition coefficient (Wildman–Crippen LogP) is 3.06. The number of nitrogens with zero attached hydrogens (tertiary/aromatic N) is 1.